The summed E-state index contributed by atoms with van der Waals surface area (Å²) in [6.45, 7) is 0. The quantitative estimate of drug-likeness (QED) is 0.377. The molecule has 0 radical (unpaired) electrons. The van der Waals surface area contributed by atoms with Crippen molar-refractivity contribution in [3.63, 3.8) is 0 Å². The van der Waals surface area contributed by atoms with E-state index in [4.69, 9.17) is 15.2 Å². The zero-order valence-electron chi connectivity index (χ0n) is 16.6. The summed E-state index contributed by atoms with van der Waals surface area (Å²) in [5, 5.41) is 20.8. The number of nitro benzene ring substituents is 1. The number of nitrogens with zero attached hydrogens (tertiary/aromatic N) is 3. The number of hydrogen-bond donors (Lipinski definition) is 1. The maximum Gasteiger partial charge on any atom is 0.357 e. The Balaban J connectivity index is 1.81. The Hall–Kier alpha value is -4.32. The van der Waals surface area contributed by atoms with Crippen molar-refractivity contribution in [2.75, 3.05) is 12.8 Å². The second kappa shape index (κ2) is 7.84. The monoisotopic (exact) mass is 418 g/mol. The fraction of sp³-hybridized carbons (Fsp3) is 0.182. The minimum atomic E-state index is -0.772. The van der Waals surface area contributed by atoms with E-state index < -0.39 is 10.9 Å². The van der Waals surface area contributed by atoms with E-state index in [9.17, 15) is 20.2 Å². The van der Waals surface area contributed by atoms with Crippen LogP contribution in [0.2, 0.25) is 0 Å². The zero-order chi connectivity index (χ0) is 22.1. The van der Waals surface area contributed by atoms with Crippen LogP contribution in [0.15, 0.2) is 42.6 Å². The molecule has 0 saturated carbocycles. The van der Waals surface area contributed by atoms with E-state index in [2.05, 4.69) is 0 Å². The fourth-order valence-corrected chi connectivity index (χ4v) is 3.74. The third-order valence-corrected chi connectivity index (χ3v) is 5.21. The number of esters is 1. The molecule has 2 aromatic carbocycles. The van der Waals surface area contributed by atoms with Gasteiger partial charge in [-0.3, -0.25) is 10.1 Å². The molecule has 1 aliphatic rings. The van der Waals surface area contributed by atoms with Crippen LogP contribution in [0.4, 0.5) is 11.4 Å². The number of fused-ring (bicyclic) bond motifs is 1. The number of non-ortho nitro benzene ring substituents is 1. The van der Waals surface area contributed by atoms with Gasteiger partial charge in [-0.05, 0) is 42.5 Å². The molecule has 1 heterocycles. The van der Waals surface area contributed by atoms with Gasteiger partial charge in [0.1, 0.15) is 17.6 Å². The molecule has 0 fully saturated rings. The SMILES string of the molecule is COC(=O)c1c(N)c(C#N)cn1-c1cc(Oc2ccc3c(c2)CCC3)cc([N+](=O)[O-])c1. The van der Waals surface area contributed by atoms with Gasteiger partial charge in [-0.15, -0.1) is 0 Å². The normalized spacial score (nSPS) is 12.1. The van der Waals surface area contributed by atoms with Gasteiger partial charge in [-0.1, -0.05) is 6.07 Å². The molecule has 9 heteroatoms. The van der Waals surface area contributed by atoms with E-state index in [1.165, 1.54) is 47.2 Å². The molecule has 31 heavy (non-hydrogen) atoms. The summed E-state index contributed by atoms with van der Waals surface area (Å²) in [5.74, 6) is 0.000335. The molecule has 0 spiro atoms. The van der Waals surface area contributed by atoms with Gasteiger partial charge in [-0.2, -0.15) is 5.26 Å². The summed E-state index contributed by atoms with van der Waals surface area (Å²) in [5.41, 5.74) is 8.29. The van der Waals surface area contributed by atoms with Gasteiger partial charge in [0, 0.05) is 18.3 Å². The second-order valence-electron chi connectivity index (χ2n) is 7.11. The van der Waals surface area contributed by atoms with Gasteiger partial charge in [0.25, 0.3) is 5.69 Å². The number of hydrogen-bond acceptors (Lipinski definition) is 7. The number of methoxy groups -OCH3 is 1. The van der Waals surface area contributed by atoms with Crippen molar-refractivity contribution in [3.8, 4) is 23.3 Å². The Bertz CT molecular complexity index is 1260. The third kappa shape index (κ3) is 3.67. The van der Waals surface area contributed by atoms with Gasteiger partial charge < -0.3 is 19.8 Å². The summed E-state index contributed by atoms with van der Waals surface area (Å²) in [6.07, 6.45) is 4.42. The van der Waals surface area contributed by atoms with Crippen molar-refractivity contribution in [1.29, 1.82) is 5.26 Å². The number of aryl methyl sites for hydroxylation is 2. The molecular weight excluding hydrogens is 400 g/mol. The minimum Gasteiger partial charge on any atom is -0.464 e. The Labute approximate surface area is 177 Å². The van der Waals surface area contributed by atoms with Crippen LogP contribution in [-0.4, -0.2) is 22.6 Å². The standard InChI is InChI=1S/C22H18N4O5/c1-30-22(27)21-20(24)15(11-23)12-25(21)16-8-17(26(28)29)10-19(9-16)31-18-6-5-13-3-2-4-14(13)7-18/h5-10,12H,2-4,24H2,1H3. The number of ether oxygens (including phenoxy) is 2. The zero-order valence-corrected chi connectivity index (χ0v) is 16.6. The number of anilines is 1. The number of nitrogens with two attached hydrogens (primary N) is 1. The first-order valence-electron chi connectivity index (χ1n) is 9.50. The average molecular weight is 418 g/mol. The van der Waals surface area contributed by atoms with Crippen molar-refractivity contribution < 1.29 is 19.2 Å². The molecule has 4 rings (SSSR count). The lowest BCUT2D eigenvalue weighted by Gasteiger charge is -2.12. The first-order valence-corrected chi connectivity index (χ1v) is 9.50. The first kappa shape index (κ1) is 20.0. The van der Waals surface area contributed by atoms with Crippen LogP contribution < -0.4 is 10.5 Å². The summed E-state index contributed by atoms with van der Waals surface area (Å²) >= 11 is 0. The van der Waals surface area contributed by atoms with Crippen LogP contribution in [0.1, 0.15) is 33.6 Å². The average Bonchev–Trinajstić information content (AvgIpc) is 3.36. The summed E-state index contributed by atoms with van der Waals surface area (Å²) < 4.78 is 12.0. The number of benzene rings is 2. The molecule has 0 saturated heterocycles. The highest BCUT2D eigenvalue weighted by atomic mass is 16.6. The van der Waals surface area contributed by atoms with Gasteiger partial charge in [0.15, 0.2) is 5.69 Å². The third-order valence-electron chi connectivity index (χ3n) is 5.21. The molecule has 0 bridgehead atoms. The molecule has 0 atom stereocenters. The summed E-state index contributed by atoms with van der Waals surface area (Å²) in [7, 11) is 1.18. The topological polar surface area (TPSA) is 133 Å². The predicted molar refractivity (Wildman–Crippen MR) is 111 cm³/mol. The highest BCUT2D eigenvalue weighted by molar-refractivity contribution is 5.96. The molecular formula is C22H18N4O5. The fourth-order valence-electron chi connectivity index (χ4n) is 3.74. The van der Waals surface area contributed by atoms with Crippen LogP contribution in [-0.2, 0) is 17.6 Å². The molecule has 0 unspecified atom stereocenters. The van der Waals surface area contributed by atoms with Gasteiger partial charge >= 0.3 is 5.97 Å². The molecule has 1 aromatic heterocycles. The molecule has 0 aliphatic heterocycles. The van der Waals surface area contributed by atoms with Gasteiger partial charge in [0.05, 0.1) is 35.0 Å². The lowest BCUT2D eigenvalue weighted by atomic mass is 10.1. The van der Waals surface area contributed by atoms with Crippen LogP contribution in [0.25, 0.3) is 5.69 Å². The maximum absolute atomic E-state index is 12.3. The van der Waals surface area contributed by atoms with Crippen molar-refractivity contribution in [2.45, 2.75) is 19.3 Å². The lowest BCUT2D eigenvalue weighted by molar-refractivity contribution is -0.384. The lowest BCUT2D eigenvalue weighted by Crippen LogP contribution is -2.11. The van der Waals surface area contributed by atoms with Crippen molar-refractivity contribution in [1.82, 2.24) is 4.57 Å². The molecule has 3 aromatic rings. The van der Waals surface area contributed by atoms with Crippen LogP contribution in [0.5, 0.6) is 11.5 Å². The van der Waals surface area contributed by atoms with Gasteiger partial charge in [0.2, 0.25) is 0 Å². The largest absolute Gasteiger partial charge is 0.464 e. The predicted octanol–water partition coefficient (Wildman–Crippen LogP) is 3.91. The van der Waals surface area contributed by atoms with E-state index in [0.717, 1.165) is 19.3 Å². The van der Waals surface area contributed by atoms with E-state index in [1.807, 2.05) is 24.3 Å². The van der Waals surface area contributed by atoms with Crippen molar-refractivity contribution in [2.24, 2.45) is 0 Å². The molecule has 0 amide bonds. The Morgan fingerprint density at radius 1 is 1.19 bits per heavy atom. The number of carbonyl (C=O) groups is 1. The molecule has 1 aliphatic carbocycles. The van der Waals surface area contributed by atoms with Crippen LogP contribution >= 0.6 is 0 Å². The second-order valence-corrected chi connectivity index (χ2v) is 7.11. The molecule has 2 N–H and O–H groups in total. The Morgan fingerprint density at radius 3 is 2.68 bits per heavy atom. The molecule has 156 valence electrons. The number of nitrogen functional groups attached to an aromatic ring is 1. The Kier molecular flexibility index (Phi) is 5.05. The smallest absolute Gasteiger partial charge is 0.357 e. The molecule has 9 nitrogen and oxygen atoms in total. The van der Waals surface area contributed by atoms with Crippen LogP contribution in [0, 0.1) is 21.4 Å². The number of carbonyl (C=O) groups excluding carboxylic acids is 1. The van der Waals surface area contributed by atoms with E-state index in [0.29, 0.717) is 5.75 Å². The van der Waals surface area contributed by atoms with Crippen molar-refractivity contribution >= 4 is 17.3 Å². The summed E-state index contributed by atoms with van der Waals surface area (Å²) in [6, 6.07) is 11.8. The van der Waals surface area contributed by atoms with Crippen molar-refractivity contribution in [3.05, 3.63) is 75.1 Å². The number of aromatic nitrogens is 1. The Morgan fingerprint density at radius 2 is 1.97 bits per heavy atom. The number of nitriles is 1. The van der Waals surface area contributed by atoms with E-state index in [1.54, 1.807) is 0 Å². The number of nitro groups is 1. The minimum absolute atomic E-state index is 0.0491. The number of rotatable bonds is 5. The van der Waals surface area contributed by atoms with E-state index >= 15 is 0 Å². The van der Waals surface area contributed by atoms with Crippen LogP contribution in [0.3, 0.4) is 0 Å². The summed E-state index contributed by atoms with van der Waals surface area (Å²) in [4.78, 5) is 23.2. The van der Waals surface area contributed by atoms with Gasteiger partial charge in [-0.25, -0.2) is 4.79 Å². The highest BCUT2D eigenvalue weighted by Crippen LogP contribution is 2.34. The first-order chi connectivity index (χ1) is 14.9. The van der Waals surface area contributed by atoms with E-state index in [-0.39, 0.29) is 34.1 Å². The highest BCUT2D eigenvalue weighted by Gasteiger charge is 2.23. The maximum atomic E-state index is 12.3.